The number of benzene rings is 1. The third-order valence-electron chi connectivity index (χ3n) is 12.7. The zero-order valence-electron chi connectivity index (χ0n) is 38.5. The van der Waals surface area contributed by atoms with Crippen molar-refractivity contribution < 1.29 is 57.3 Å². The van der Waals surface area contributed by atoms with Crippen LogP contribution in [0.1, 0.15) is 107 Å². The highest BCUT2D eigenvalue weighted by molar-refractivity contribution is 8.00. The van der Waals surface area contributed by atoms with Crippen LogP contribution in [0.4, 0.5) is 4.39 Å². The van der Waals surface area contributed by atoms with Gasteiger partial charge in [0.2, 0.25) is 29.5 Å². The number of aromatic nitrogens is 2. The smallest absolute Gasteiger partial charge is 0.343 e. The van der Waals surface area contributed by atoms with Gasteiger partial charge in [-0.3, -0.25) is 43.3 Å². The zero-order valence-corrected chi connectivity index (χ0v) is 39.3. The lowest BCUT2D eigenvalue weighted by Gasteiger charge is -2.31. The number of hydrogen-bond acceptors (Lipinski definition) is 14. The van der Waals surface area contributed by atoms with Crippen LogP contribution in [0.5, 0.6) is 0 Å². The normalized spacial score (nSPS) is 18.7. The monoisotopic (exact) mass is 948 g/mol. The number of halogens is 1. The molecule has 5 amide bonds. The molecule has 6 rings (SSSR count). The second-order valence-corrected chi connectivity index (χ2v) is 18.6. The lowest BCUT2D eigenvalue weighted by molar-refractivity contribution is -0.172. The minimum atomic E-state index is -2.04. The summed E-state index contributed by atoms with van der Waals surface area (Å²) < 4.78 is 26.9. The Hall–Kier alpha value is -5.86. The number of nitrogens with one attached hydrogen (secondary N) is 3. The molecular formula is C47H57FN6O12S. The first-order valence-electron chi connectivity index (χ1n) is 22.4. The Morgan fingerprint density at radius 1 is 1.00 bits per heavy atom. The molecular weight excluding hydrogens is 892 g/mol. The minimum Gasteiger partial charge on any atom is -0.458 e. The Bertz CT molecular complexity index is 2580. The number of unbranched alkanes of at least 4 members (excludes halogenated alkanes) is 2. The molecule has 20 heteroatoms. The van der Waals surface area contributed by atoms with Crippen LogP contribution in [0.15, 0.2) is 23.0 Å². The fourth-order valence-corrected chi connectivity index (χ4v) is 9.19. The highest BCUT2D eigenvalue weighted by Crippen LogP contribution is 2.40. The summed E-state index contributed by atoms with van der Waals surface area (Å²) in [6.07, 6.45) is 3.78. The number of likely N-dealkylation sites (tertiary alicyclic amines) is 1. The first-order chi connectivity index (χ1) is 31.8. The van der Waals surface area contributed by atoms with E-state index in [1.165, 1.54) is 41.1 Å². The first-order valence-corrected chi connectivity index (χ1v) is 23.7. The largest absolute Gasteiger partial charge is 0.458 e. The number of pyridine rings is 2. The molecule has 1 fully saturated rings. The number of aliphatic hydroxyl groups is 1. The number of amides is 5. The summed E-state index contributed by atoms with van der Waals surface area (Å²) in [5, 5.41) is 19.4. The highest BCUT2D eigenvalue weighted by Gasteiger charge is 2.45. The summed E-state index contributed by atoms with van der Waals surface area (Å²) in [4.78, 5) is 121. The van der Waals surface area contributed by atoms with Crippen LogP contribution < -0.4 is 21.5 Å². The number of ketones is 2. The number of fused-ring (bicyclic) bond motifs is 5. The number of aryl methyl sites for hydroxylation is 1. The second kappa shape index (κ2) is 21.4. The van der Waals surface area contributed by atoms with Gasteiger partial charge in [-0.05, 0) is 62.6 Å². The van der Waals surface area contributed by atoms with E-state index in [-0.39, 0.29) is 98.0 Å². The molecule has 1 aromatic carbocycles. The van der Waals surface area contributed by atoms with Crippen LogP contribution in [0.2, 0.25) is 0 Å². The third-order valence-corrected chi connectivity index (χ3v) is 13.7. The Balaban J connectivity index is 0.938. The van der Waals surface area contributed by atoms with Gasteiger partial charge in [0.1, 0.15) is 31.5 Å². The molecule has 3 aromatic rings. The minimum absolute atomic E-state index is 0.0165. The molecule has 0 saturated carbocycles. The SMILES string of the molecule is CC[C@@]1(O)C(=O)OCc2c1cc1n(c2=O)Cc2c-1nc1cc(F)c(C)cc1c2CNC(=O)COCNC(=O)[C@H](C)CC(=O)[C@H](C)NC(=O)[C@H](C)CC(=O)CCCCCN1C(=O)CC(SC)C1=O. The van der Waals surface area contributed by atoms with Crippen molar-refractivity contribution in [2.75, 3.05) is 26.1 Å². The molecule has 0 aliphatic carbocycles. The number of cyclic esters (lactones) is 1. The van der Waals surface area contributed by atoms with Crippen molar-refractivity contribution in [2.45, 2.75) is 123 Å². The van der Waals surface area contributed by atoms with E-state index in [1.807, 2.05) is 0 Å². The van der Waals surface area contributed by atoms with Crippen molar-refractivity contribution in [3.05, 3.63) is 62.2 Å². The van der Waals surface area contributed by atoms with E-state index in [0.29, 0.717) is 59.3 Å². The molecule has 4 N–H and O–H groups in total. The van der Waals surface area contributed by atoms with E-state index < -0.39 is 70.9 Å². The number of carbonyl (C=O) groups excluding carboxylic acids is 8. The Morgan fingerprint density at radius 3 is 2.43 bits per heavy atom. The molecule has 0 bridgehead atoms. The Labute approximate surface area is 390 Å². The number of hydrogen-bond donors (Lipinski definition) is 4. The van der Waals surface area contributed by atoms with E-state index in [9.17, 15) is 52.6 Å². The third kappa shape index (κ3) is 11.0. The summed E-state index contributed by atoms with van der Waals surface area (Å²) in [5.74, 6) is -5.30. The van der Waals surface area contributed by atoms with Gasteiger partial charge in [0.05, 0.1) is 40.3 Å². The van der Waals surface area contributed by atoms with Crippen molar-refractivity contribution in [2.24, 2.45) is 11.8 Å². The molecule has 360 valence electrons. The van der Waals surface area contributed by atoms with Crippen molar-refractivity contribution in [1.29, 1.82) is 0 Å². The second-order valence-electron chi connectivity index (χ2n) is 17.5. The van der Waals surface area contributed by atoms with Crippen LogP contribution in [0.3, 0.4) is 0 Å². The quantitative estimate of drug-likeness (QED) is 0.0383. The average Bonchev–Trinajstić information content (AvgIpc) is 3.80. The van der Waals surface area contributed by atoms with Crippen LogP contribution in [-0.4, -0.2) is 104 Å². The molecule has 0 radical (unpaired) electrons. The molecule has 1 unspecified atom stereocenters. The van der Waals surface area contributed by atoms with Crippen molar-refractivity contribution in [3.63, 3.8) is 0 Å². The van der Waals surface area contributed by atoms with Crippen molar-refractivity contribution in [1.82, 2.24) is 30.4 Å². The average molecular weight is 949 g/mol. The number of ether oxygens (including phenoxy) is 2. The Kier molecular flexibility index (Phi) is 16.1. The van der Waals surface area contributed by atoms with Crippen LogP contribution >= 0.6 is 11.8 Å². The molecule has 67 heavy (non-hydrogen) atoms. The molecule has 5 atom stereocenters. The van der Waals surface area contributed by atoms with Crippen LogP contribution in [0, 0.1) is 24.6 Å². The molecule has 3 aliphatic heterocycles. The molecule has 2 aromatic heterocycles. The lowest BCUT2D eigenvalue weighted by Crippen LogP contribution is -2.44. The number of imide groups is 1. The van der Waals surface area contributed by atoms with Gasteiger partial charge in [-0.15, -0.1) is 0 Å². The molecule has 0 spiro atoms. The topological polar surface area (TPSA) is 249 Å². The maximum Gasteiger partial charge on any atom is 0.343 e. The summed E-state index contributed by atoms with van der Waals surface area (Å²) >= 11 is 1.36. The summed E-state index contributed by atoms with van der Waals surface area (Å²) in [5.41, 5.74) is 0.154. The zero-order chi connectivity index (χ0) is 48.9. The molecule has 1 saturated heterocycles. The standard InChI is InChI=1S/C47H57FN6O12S/c1-7-47(64)33-16-36-41-31(20-54(36)44(61)32(33)21-66-46(47)63)30(29-14-24(2)34(48)17-35(29)52-41)19-49-39(57)22-65-23-50-42(59)26(4)15-37(56)27(5)51-43(60)25(3)13-28(55)11-9-8-10-12-53-40(58)18-38(67-6)45(53)62/h14,16-17,25-27,38,64H,7-13,15,18-23H2,1-6H3,(H,49,57)(H,50,59)(H,51,60)/t25-,26-,27+,38?,47+/m1/s1. The number of thioether (sulfide) groups is 1. The number of esters is 1. The van der Waals surface area contributed by atoms with Gasteiger partial charge in [-0.1, -0.05) is 27.2 Å². The lowest BCUT2D eigenvalue weighted by atomic mass is 9.86. The van der Waals surface area contributed by atoms with Gasteiger partial charge in [-0.2, -0.15) is 11.8 Å². The summed E-state index contributed by atoms with van der Waals surface area (Å²) in [6, 6.07) is 3.49. The predicted molar refractivity (Wildman–Crippen MR) is 242 cm³/mol. The van der Waals surface area contributed by atoms with Crippen LogP contribution in [-0.2, 0) is 73.1 Å². The number of rotatable bonds is 22. The van der Waals surface area contributed by atoms with Crippen LogP contribution in [0.25, 0.3) is 22.3 Å². The van der Waals surface area contributed by atoms with Gasteiger partial charge in [0, 0.05) is 73.2 Å². The number of carbonyl (C=O) groups is 8. The van der Waals surface area contributed by atoms with E-state index >= 15 is 0 Å². The maximum absolute atomic E-state index is 14.9. The Morgan fingerprint density at radius 2 is 1.73 bits per heavy atom. The first kappa shape index (κ1) is 50.6. The van der Waals surface area contributed by atoms with Crippen molar-refractivity contribution in [3.8, 4) is 11.4 Å². The van der Waals surface area contributed by atoms with E-state index in [1.54, 1.807) is 39.2 Å². The maximum atomic E-state index is 14.9. The molecule has 18 nitrogen and oxygen atoms in total. The molecule has 3 aliphatic rings. The van der Waals surface area contributed by atoms with Gasteiger partial charge in [-0.25, -0.2) is 14.2 Å². The van der Waals surface area contributed by atoms with Crippen molar-refractivity contribution >= 4 is 69.7 Å². The van der Waals surface area contributed by atoms with Gasteiger partial charge in [0.15, 0.2) is 11.4 Å². The molecule has 5 heterocycles. The predicted octanol–water partition coefficient (Wildman–Crippen LogP) is 2.98. The van der Waals surface area contributed by atoms with Gasteiger partial charge < -0.3 is 35.1 Å². The number of nitrogens with zero attached hydrogens (tertiary/aromatic N) is 3. The van der Waals surface area contributed by atoms with Gasteiger partial charge in [0.25, 0.3) is 5.56 Å². The van der Waals surface area contributed by atoms with E-state index in [2.05, 4.69) is 16.0 Å². The summed E-state index contributed by atoms with van der Waals surface area (Å²) in [6.45, 7) is 6.98. The van der Waals surface area contributed by atoms with Gasteiger partial charge >= 0.3 is 5.97 Å². The fraction of sp³-hybridized carbons (Fsp3) is 0.532. The summed E-state index contributed by atoms with van der Waals surface area (Å²) in [7, 11) is 0. The van der Waals surface area contributed by atoms with E-state index in [4.69, 9.17) is 14.5 Å². The highest BCUT2D eigenvalue weighted by atomic mass is 32.2. The fourth-order valence-electron chi connectivity index (χ4n) is 8.56. The van der Waals surface area contributed by atoms with E-state index in [0.717, 1.165) is 0 Å². The number of Topliss-reactive ketones (excluding diaryl/α,β-unsaturated/α-hetero) is 2.